The van der Waals surface area contributed by atoms with Gasteiger partial charge in [0.05, 0.1) is 0 Å². The number of amides is 2. The zero-order valence-corrected chi connectivity index (χ0v) is 15.5. The van der Waals surface area contributed by atoms with Crippen molar-refractivity contribution in [3.63, 3.8) is 0 Å². The predicted molar refractivity (Wildman–Crippen MR) is 99.1 cm³/mol. The highest BCUT2D eigenvalue weighted by Gasteiger charge is 2.07. The molecule has 26 heavy (non-hydrogen) atoms. The number of benzene rings is 2. The molecular weight excluding hydrogens is 332 g/mol. The molecule has 2 aromatic rings. The van der Waals surface area contributed by atoms with Crippen LogP contribution in [0.25, 0.3) is 0 Å². The van der Waals surface area contributed by atoms with E-state index in [2.05, 4.69) is 10.9 Å². The highest BCUT2D eigenvalue weighted by Crippen LogP contribution is 2.16. The summed E-state index contributed by atoms with van der Waals surface area (Å²) < 4.78 is 10.8. The van der Waals surface area contributed by atoms with E-state index in [1.807, 2.05) is 58.0 Å². The van der Waals surface area contributed by atoms with Crippen LogP contribution in [0.15, 0.2) is 36.4 Å². The Morgan fingerprint density at radius 2 is 1.27 bits per heavy atom. The molecule has 138 valence electrons. The van der Waals surface area contributed by atoms with Crippen molar-refractivity contribution in [2.75, 3.05) is 13.2 Å². The first-order valence-corrected chi connectivity index (χ1v) is 8.32. The van der Waals surface area contributed by atoms with Crippen molar-refractivity contribution in [2.45, 2.75) is 27.7 Å². The fourth-order valence-corrected chi connectivity index (χ4v) is 2.33. The van der Waals surface area contributed by atoms with Crippen LogP contribution >= 0.6 is 0 Å². The molecule has 0 atom stereocenters. The van der Waals surface area contributed by atoms with Gasteiger partial charge in [0.15, 0.2) is 13.2 Å². The minimum Gasteiger partial charge on any atom is -0.484 e. The van der Waals surface area contributed by atoms with Crippen molar-refractivity contribution >= 4 is 11.8 Å². The molecule has 0 saturated heterocycles. The number of aryl methyl sites for hydroxylation is 4. The van der Waals surface area contributed by atoms with Crippen LogP contribution in [0.4, 0.5) is 0 Å². The number of carbonyl (C=O) groups is 2. The van der Waals surface area contributed by atoms with Gasteiger partial charge in [0.25, 0.3) is 11.8 Å². The van der Waals surface area contributed by atoms with Crippen LogP contribution in [0.2, 0.25) is 0 Å². The summed E-state index contributed by atoms with van der Waals surface area (Å²) in [4.78, 5) is 23.5. The van der Waals surface area contributed by atoms with Crippen molar-refractivity contribution in [1.82, 2.24) is 10.9 Å². The minimum atomic E-state index is -0.456. The fraction of sp³-hybridized carbons (Fsp3) is 0.300. The van der Waals surface area contributed by atoms with Crippen molar-refractivity contribution in [3.05, 3.63) is 58.7 Å². The van der Waals surface area contributed by atoms with Gasteiger partial charge < -0.3 is 9.47 Å². The molecule has 6 nitrogen and oxygen atoms in total. The SMILES string of the molecule is Cc1cc(C)cc(OCC(=O)NNC(=O)COc2ccc(C)c(C)c2)c1. The Morgan fingerprint density at radius 3 is 1.81 bits per heavy atom. The quantitative estimate of drug-likeness (QED) is 0.780. The van der Waals surface area contributed by atoms with E-state index in [0.717, 1.165) is 22.3 Å². The van der Waals surface area contributed by atoms with Crippen LogP contribution in [0.1, 0.15) is 22.3 Å². The predicted octanol–water partition coefficient (Wildman–Crippen LogP) is 2.53. The van der Waals surface area contributed by atoms with Crippen molar-refractivity contribution in [3.8, 4) is 11.5 Å². The Bertz CT molecular complexity index is 782. The molecule has 2 aromatic carbocycles. The monoisotopic (exact) mass is 356 g/mol. The van der Waals surface area contributed by atoms with Crippen LogP contribution < -0.4 is 20.3 Å². The lowest BCUT2D eigenvalue weighted by Crippen LogP contribution is -2.45. The maximum absolute atomic E-state index is 11.8. The lowest BCUT2D eigenvalue weighted by molar-refractivity contribution is -0.131. The van der Waals surface area contributed by atoms with Crippen LogP contribution in [0.3, 0.4) is 0 Å². The first-order valence-electron chi connectivity index (χ1n) is 8.32. The van der Waals surface area contributed by atoms with Gasteiger partial charge in [0, 0.05) is 0 Å². The second kappa shape index (κ2) is 8.89. The summed E-state index contributed by atoms with van der Waals surface area (Å²) in [6.45, 7) is 7.49. The summed E-state index contributed by atoms with van der Waals surface area (Å²) in [7, 11) is 0. The van der Waals surface area contributed by atoms with Gasteiger partial charge in [-0.1, -0.05) is 12.1 Å². The van der Waals surface area contributed by atoms with E-state index in [1.54, 1.807) is 6.07 Å². The van der Waals surface area contributed by atoms with Crippen LogP contribution in [-0.2, 0) is 9.59 Å². The van der Waals surface area contributed by atoms with E-state index in [0.29, 0.717) is 11.5 Å². The normalized spacial score (nSPS) is 10.2. The lowest BCUT2D eigenvalue weighted by Gasteiger charge is -2.11. The number of nitrogens with one attached hydrogen (secondary N) is 2. The van der Waals surface area contributed by atoms with Gasteiger partial charge in [-0.3, -0.25) is 20.4 Å². The largest absolute Gasteiger partial charge is 0.484 e. The summed E-state index contributed by atoms with van der Waals surface area (Å²) in [5, 5.41) is 0. The molecule has 2 amide bonds. The van der Waals surface area contributed by atoms with Gasteiger partial charge in [-0.15, -0.1) is 0 Å². The molecule has 2 N–H and O–H groups in total. The van der Waals surface area contributed by atoms with E-state index in [9.17, 15) is 9.59 Å². The van der Waals surface area contributed by atoms with Gasteiger partial charge in [0.2, 0.25) is 0 Å². The van der Waals surface area contributed by atoms with E-state index in [1.165, 1.54) is 0 Å². The third kappa shape index (κ3) is 6.12. The van der Waals surface area contributed by atoms with E-state index >= 15 is 0 Å². The van der Waals surface area contributed by atoms with E-state index < -0.39 is 11.8 Å². The molecule has 0 fully saturated rings. The summed E-state index contributed by atoms with van der Waals surface area (Å²) in [5.41, 5.74) is 8.93. The van der Waals surface area contributed by atoms with Gasteiger partial charge >= 0.3 is 0 Å². The second-order valence-electron chi connectivity index (χ2n) is 6.24. The molecule has 0 heterocycles. The summed E-state index contributed by atoms with van der Waals surface area (Å²) >= 11 is 0. The average molecular weight is 356 g/mol. The topological polar surface area (TPSA) is 76.7 Å². The van der Waals surface area contributed by atoms with Crippen LogP contribution in [0.5, 0.6) is 11.5 Å². The summed E-state index contributed by atoms with van der Waals surface area (Å²) in [6.07, 6.45) is 0. The number of hydrogen-bond donors (Lipinski definition) is 2. The van der Waals surface area contributed by atoms with E-state index in [4.69, 9.17) is 9.47 Å². The minimum absolute atomic E-state index is 0.193. The van der Waals surface area contributed by atoms with Gasteiger partial charge in [-0.05, 0) is 74.2 Å². The Morgan fingerprint density at radius 1 is 0.731 bits per heavy atom. The van der Waals surface area contributed by atoms with Crippen molar-refractivity contribution < 1.29 is 19.1 Å². The maximum Gasteiger partial charge on any atom is 0.276 e. The molecule has 0 spiro atoms. The molecule has 0 bridgehead atoms. The highest BCUT2D eigenvalue weighted by molar-refractivity contribution is 5.83. The van der Waals surface area contributed by atoms with Crippen LogP contribution in [0, 0.1) is 27.7 Å². The molecule has 2 rings (SSSR count). The van der Waals surface area contributed by atoms with Crippen LogP contribution in [-0.4, -0.2) is 25.0 Å². The first-order chi connectivity index (χ1) is 12.3. The Balaban J connectivity index is 1.71. The van der Waals surface area contributed by atoms with Gasteiger partial charge in [-0.25, -0.2) is 0 Å². The number of rotatable bonds is 6. The maximum atomic E-state index is 11.8. The molecule has 6 heteroatoms. The smallest absolute Gasteiger partial charge is 0.276 e. The van der Waals surface area contributed by atoms with E-state index in [-0.39, 0.29) is 13.2 Å². The summed E-state index contributed by atoms with van der Waals surface area (Å²) in [6, 6.07) is 11.3. The molecule has 0 aliphatic carbocycles. The fourth-order valence-electron chi connectivity index (χ4n) is 2.33. The van der Waals surface area contributed by atoms with Crippen molar-refractivity contribution in [2.24, 2.45) is 0 Å². The Labute approximate surface area is 153 Å². The molecular formula is C20H24N2O4. The third-order valence-corrected chi connectivity index (χ3v) is 3.75. The average Bonchev–Trinajstić information content (AvgIpc) is 2.58. The molecule has 0 aromatic heterocycles. The van der Waals surface area contributed by atoms with Gasteiger partial charge in [-0.2, -0.15) is 0 Å². The molecule has 0 aliphatic rings. The number of hydrogen-bond acceptors (Lipinski definition) is 4. The first kappa shape index (κ1) is 19.3. The summed E-state index contributed by atoms with van der Waals surface area (Å²) in [5.74, 6) is 0.307. The molecule has 0 saturated carbocycles. The van der Waals surface area contributed by atoms with Crippen molar-refractivity contribution in [1.29, 1.82) is 0 Å². The lowest BCUT2D eigenvalue weighted by atomic mass is 10.1. The number of hydrazine groups is 1. The highest BCUT2D eigenvalue weighted by atomic mass is 16.5. The Hall–Kier alpha value is -3.02. The number of carbonyl (C=O) groups excluding carboxylic acids is 2. The molecule has 0 unspecified atom stereocenters. The second-order valence-corrected chi connectivity index (χ2v) is 6.24. The standard InChI is InChI=1S/C20H24N2O4/c1-13-7-14(2)9-18(8-13)26-12-20(24)22-21-19(23)11-25-17-6-5-15(3)16(4)10-17/h5-10H,11-12H2,1-4H3,(H,21,23)(H,22,24). The Kier molecular flexibility index (Phi) is 6.60. The van der Waals surface area contributed by atoms with Gasteiger partial charge in [0.1, 0.15) is 11.5 Å². The molecule has 0 radical (unpaired) electrons. The number of ether oxygens (including phenoxy) is 2. The molecule has 0 aliphatic heterocycles. The zero-order valence-electron chi connectivity index (χ0n) is 15.5. The zero-order chi connectivity index (χ0) is 19.1. The third-order valence-electron chi connectivity index (χ3n) is 3.75.